The lowest BCUT2D eigenvalue weighted by molar-refractivity contribution is 0.288. The molecule has 0 amide bonds. The van der Waals surface area contributed by atoms with Crippen LogP contribution in [-0.4, -0.2) is 16.1 Å². The maximum atomic E-state index is 6.28. The van der Waals surface area contributed by atoms with E-state index in [0.717, 1.165) is 30.1 Å². The predicted octanol–water partition coefficient (Wildman–Crippen LogP) is 3.81. The lowest BCUT2D eigenvalue weighted by Gasteiger charge is -2.15. The standard InChI is InChI=1S/C16H22ClN3O/c1-4-18-8-13-6-5-7-15(17)16(13)21-10-14-9-19-11-20(14)12(2)3/h5-7,9,11-12,18H,4,8,10H2,1-3H3. The molecule has 1 N–H and O–H groups in total. The molecule has 0 saturated heterocycles. The van der Waals surface area contributed by atoms with Crippen molar-refractivity contribution in [2.24, 2.45) is 0 Å². The van der Waals surface area contributed by atoms with Crippen molar-refractivity contribution in [1.82, 2.24) is 14.9 Å². The Hall–Kier alpha value is -1.52. The second-order valence-electron chi connectivity index (χ2n) is 5.18. The summed E-state index contributed by atoms with van der Waals surface area (Å²) in [5.41, 5.74) is 2.11. The highest BCUT2D eigenvalue weighted by Gasteiger charge is 2.11. The maximum Gasteiger partial charge on any atom is 0.142 e. The maximum absolute atomic E-state index is 6.28. The van der Waals surface area contributed by atoms with Gasteiger partial charge in [0.2, 0.25) is 0 Å². The second-order valence-corrected chi connectivity index (χ2v) is 5.59. The smallest absolute Gasteiger partial charge is 0.142 e. The highest BCUT2D eigenvalue weighted by Crippen LogP contribution is 2.29. The van der Waals surface area contributed by atoms with Crippen molar-refractivity contribution in [2.45, 2.75) is 40.0 Å². The molecule has 0 atom stereocenters. The average Bonchev–Trinajstić information content (AvgIpc) is 2.92. The van der Waals surface area contributed by atoms with Crippen molar-refractivity contribution >= 4 is 11.6 Å². The number of ether oxygens (including phenoxy) is 1. The number of benzene rings is 1. The minimum Gasteiger partial charge on any atom is -0.485 e. The van der Waals surface area contributed by atoms with Crippen LogP contribution in [0, 0.1) is 0 Å². The second kappa shape index (κ2) is 7.48. The van der Waals surface area contributed by atoms with Gasteiger partial charge in [0.05, 0.1) is 23.2 Å². The molecule has 0 aliphatic heterocycles. The molecular formula is C16H22ClN3O. The van der Waals surface area contributed by atoms with E-state index in [1.807, 2.05) is 30.7 Å². The number of aromatic nitrogens is 2. The molecule has 2 rings (SSSR count). The fraction of sp³-hybridized carbons (Fsp3) is 0.438. The highest BCUT2D eigenvalue weighted by molar-refractivity contribution is 6.32. The van der Waals surface area contributed by atoms with Crippen LogP contribution >= 0.6 is 11.6 Å². The normalized spacial score (nSPS) is 11.1. The Morgan fingerprint density at radius 1 is 1.38 bits per heavy atom. The molecule has 0 radical (unpaired) electrons. The molecule has 0 saturated carbocycles. The van der Waals surface area contributed by atoms with Gasteiger partial charge in [-0.05, 0) is 26.5 Å². The molecule has 1 aromatic carbocycles. The lowest BCUT2D eigenvalue weighted by Crippen LogP contribution is -2.13. The third-order valence-electron chi connectivity index (χ3n) is 3.28. The van der Waals surface area contributed by atoms with E-state index in [4.69, 9.17) is 16.3 Å². The minimum atomic E-state index is 0.360. The van der Waals surface area contributed by atoms with Crippen molar-refractivity contribution in [3.05, 3.63) is 47.0 Å². The van der Waals surface area contributed by atoms with Gasteiger partial charge in [-0.1, -0.05) is 30.7 Å². The first-order valence-electron chi connectivity index (χ1n) is 7.25. The Morgan fingerprint density at radius 2 is 2.19 bits per heavy atom. The van der Waals surface area contributed by atoms with E-state index in [1.165, 1.54) is 0 Å². The average molecular weight is 308 g/mol. The van der Waals surface area contributed by atoms with Gasteiger partial charge in [0.1, 0.15) is 12.4 Å². The van der Waals surface area contributed by atoms with Gasteiger partial charge in [0.15, 0.2) is 0 Å². The Morgan fingerprint density at radius 3 is 2.90 bits per heavy atom. The van der Waals surface area contributed by atoms with Crippen molar-refractivity contribution in [2.75, 3.05) is 6.54 Å². The Kier molecular flexibility index (Phi) is 5.65. The van der Waals surface area contributed by atoms with E-state index in [2.05, 4.69) is 35.6 Å². The lowest BCUT2D eigenvalue weighted by atomic mass is 10.2. The Balaban J connectivity index is 2.13. The van der Waals surface area contributed by atoms with Crippen LogP contribution in [0.15, 0.2) is 30.7 Å². The fourth-order valence-electron chi connectivity index (χ4n) is 2.17. The number of hydrogen-bond acceptors (Lipinski definition) is 3. The monoisotopic (exact) mass is 307 g/mol. The van der Waals surface area contributed by atoms with Crippen LogP contribution in [-0.2, 0) is 13.2 Å². The van der Waals surface area contributed by atoms with Crippen LogP contribution in [0.1, 0.15) is 38.1 Å². The van der Waals surface area contributed by atoms with Crippen LogP contribution in [0.25, 0.3) is 0 Å². The van der Waals surface area contributed by atoms with Gasteiger partial charge in [0, 0.05) is 18.2 Å². The van der Waals surface area contributed by atoms with Gasteiger partial charge in [-0.3, -0.25) is 0 Å². The van der Waals surface area contributed by atoms with E-state index < -0.39 is 0 Å². The number of nitrogens with one attached hydrogen (secondary N) is 1. The molecule has 21 heavy (non-hydrogen) atoms. The molecule has 1 heterocycles. The van der Waals surface area contributed by atoms with Crippen LogP contribution in [0.5, 0.6) is 5.75 Å². The summed E-state index contributed by atoms with van der Waals surface area (Å²) in [6.45, 7) is 8.43. The minimum absolute atomic E-state index is 0.360. The Bertz CT molecular complexity index is 581. The molecule has 0 aliphatic rings. The number of halogens is 1. The summed E-state index contributed by atoms with van der Waals surface area (Å²) in [6.07, 6.45) is 3.66. The third kappa shape index (κ3) is 3.99. The first-order valence-corrected chi connectivity index (χ1v) is 7.62. The quantitative estimate of drug-likeness (QED) is 0.845. The first-order chi connectivity index (χ1) is 10.1. The fourth-order valence-corrected chi connectivity index (χ4v) is 2.42. The largest absolute Gasteiger partial charge is 0.485 e. The van der Waals surface area contributed by atoms with E-state index >= 15 is 0 Å². The summed E-state index contributed by atoms with van der Waals surface area (Å²) in [4.78, 5) is 4.19. The van der Waals surface area contributed by atoms with Crippen molar-refractivity contribution in [3.63, 3.8) is 0 Å². The number of nitrogens with zero attached hydrogens (tertiary/aromatic N) is 2. The third-order valence-corrected chi connectivity index (χ3v) is 3.58. The summed E-state index contributed by atoms with van der Waals surface area (Å²) in [7, 11) is 0. The zero-order valence-electron chi connectivity index (χ0n) is 12.8. The summed E-state index contributed by atoms with van der Waals surface area (Å²) in [6, 6.07) is 6.19. The van der Waals surface area contributed by atoms with Gasteiger partial charge in [-0.2, -0.15) is 0 Å². The number of imidazole rings is 1. The van der Waals surface area contributed by atoms with Crippen molar-refractivity contribution in [1.29, 1.82) is 0 Å². The number of hydrogen-bond donors (Lipinski definition) is 1. The van der Waals surface area contributed by atoms with Crippen LogP contribution < -0.4 is 10.1 Å². The van der Waals surface area contributed by atoms with Gasteiger partial charge >= 0.3 is 0 Å². The van der Waals surface area contributed by atoms with Gasteiger partial charge < -0.3 is 14.6 Å². The molecule has 0 bridgehead atoms. The molecule has 5 heteroatoms. The van der Waals surface area contributed by atoms with E-state index in [9.17, 15) is 0 Å². The molecule has 0 aliphatic carbocycles. The topological polar surface area (TPSA) is 39.1 Å². The summed E-state index contributed by atoms with van der Waals surface area (Å²) in [5, 5.41) is 3.94. The summed E-state index contributed by atoms with van der Waals surface area (Å²) >= 11 is 6.28. The first kappa shape index (κ1) is 15.9. The SMILES string of the molecule is CCNCc1cccc(Cl)c1OCc1cncn1C(C)C. The predicted molar refractivity (Wildman–Crippen MR) is 85.8 cm³/mol. The zero-order chi connectivity index (χ0) is 15.2. The van der Waals surface area contributed by atoms with Gasteiger partial charge in [0.25, 0.3) is 0 Å². The molecule has 0 fully saturated rings. The summed E-state index contributed by atoms with van der Waals surface area (Å²) in [5.74, 6) is 0.747. The molecular weight excluding hydrogens is 286 g/mol. The number of para-hydroxylation sites is 1. The van der Waals surface area contributed by atoms with Crippen LogP contribution in [0.2, 0.25) is 5.02 Å². The van der Waals surface area contributed by atoms with Crippen LogP contribution in [0.3, 0.4) is 0 Å². The summed E-state index contributed by atoms with van der Waals surface area (Å²) < 4.78 is 8.07. The van der Waals surface area contributed by atoms with E-state index in [1.54, 1.807) is 0 Å². The molecule has 2 aromatic rings. The Labute approximate surface area is 131 Å². The molecule has 1 aromatic heterocycles. The van der Waals surface area contributed by atoms with E-state index in [-0.39, 0.29) is 0 Å². The molecule has 0 spiro atoms. The van der Waals surface area contributed by atoms with Gasteiger partial charge in [-0.15, -0.1) is 0 Å². The highest BCUT2D eigenvalue weighted by atomic mass is 35.5. The zero-order valence-corrected chi connectivity index (χ0v) is 13.5. The van der Waals surface area contributed by atoms with E-state index in [0.29, 0.717) is 17.7 Å². The van der Waals surface area contributed by atoms with Crippen LogP contribution in [0.4, 0.5) is 0 Å². The molecule has 0 unspecified atom stereocenters. The van der Waals surface area contributed by atoms with Crippen molar-refractivity contribution in [3.8, 4) is 5.75 Å². The van der Waals surface area contributed by atoms with Gasteiger partial charge in [-0.25, -0.2) is 4.98 Å². The van der Waals surface area contributed by atoms with Crippen molar-refractivity contribution < 1.29 is 4.74 Å². The number of rotatable bonds is 7. The molecule has 4 nitrogen and oxygen atoms in total. The molecule has 114 valence electrons.